The van der Waals surface area contributed by atoms with Crippen LogP contribution in [0, 0.1) is 0 Å². The normalized spacial score (nSPS) is 11.1. The fourth-order valence-corrected chi connectivity index (χ4v) is 2.97. The quantitative estimate of drug-likeness (QED) is 0.263. The molecule has 30 heavy (non-hydrogen) atoms. The molecule has 1 N–H and O–H groups in total. The summed E-state index contributed by atoms with van der Waals surface area (Å²) in [5.41, 5.74) is 1.10. The van der Waals surface area contributed by atoms with E-state index in [2.05, 4.69) is 10.3 Å². The molecule has 1 aromatic carbocycles. The fourth-order valence-electron chi connectivity index (χ4n) is 2.82. The van der Waals surface area contributed by atoms with Crippen LogP contribution in [-0.4, -0.2) is 41.1 Å². The highest BCUT2D eigenvalue weighted by molar-refractivity contribution is 14.0. The van der Waals surface area contributed by atoms with Gasteiger partial charge in [0.05, 0.1) is 32.7 Å². The van der Waals surface area contributed by atoms with Gasteiger partial charge in [-0.15, -0.1) is 24.0 Å². The molecule has 7 nitrogen and oxygen atoms in total. The molecule has 9 heteroatoms. The number of hydrogen-bond acceptors (Lipinski definition) is 4. The molecule has 0 aliphatic heterocycles. The third kappa shape index (κ3) is 6.66. The Morgan fingerprint density at radius 2 is 2.07 bits per heavy atom. The lowest BCUT2D eigenvalue weighted by molar-refractivity contribution is 0.414. The minimum atomic E-state index is 0. The highest BCUT2D eigenvalue weighted by atomic mass is 127. The lowest BCUT2D eigenvalue weighted by atomic mass is 10.2. The number of benzene rings is 1. The molecular formula is C21H27ClIN5O2. The highest BCUT2D eigenvalue weighted by Crippen LogP contribution is 2.13. The Hall–Kier alpha value is -2.20. The molecule has 0 unspecified atom stereocenters. The Morgan fingerprint density at radius 3 is 2.67 bits per heavy atom. The Labute approximate surface area is 199 Å². The number of methoxy groups -OCH3 is 1. The molecule has 0 fully saturated rings. The summed E-state index contributed by atoms with van der Waals surface area (Å²) in [4.78, 5) is 11.2. The molecule has 162 valence electrons. The molecule has 0 amide bonds. The molecule has 2 aromatic heterocycles. The zero-order valence-electron chi connectivity index (χ0n) is 17.3. The predicted molar refractivity (Wildman–Crippen MR) is 130 cm³/mol. The van der Waals surface area contributed by atoms with Gasteiger partial charge in [0.2, 0.25) is 0 Å². The van der Waals surface area contributed by atoms with Crippen molar-refractivity contribution in [2.45, 2.75) is 19.5 Å². The van der Waals surface area contributed by atoms with Gasteiger partial charge in [-0.1, -0.05) is 23.7 Å². The first-order valence-corrected chi connectivity index (χ1v) is 9.75. The van der Waals surface area contributed by atoms with E-state index in [1.165, 1.54) is 0 Å². The first-order valence-electron chi connectivity index (χ1n) is 9.37. The largest absolute Gasteiger partial charge is 0.497 e. The van der Waals surface area contributed by atoms with Gasteiger partial charge >= 0.3 is 0 Å². The third-order valence-corrected chi connectivity index (χ3v) is 4.92. The Bertz CT molecular complexity index is 926. The molecule has 0 bridgehead atoms. The van der Waals surface area contributed by atoms with Crippen LogP contribution in [0.15, 0.2) is 58.3 Å². The van der Waals surface area contributed by atoms with E-state index in [0.717, 1.165) is 35.3 Å². The van der Waals surface area contributed by atoms with Crippen molar-refractivity contribution < 1.29 is 9.15 Å². The van der Waals surface area contributed by atoms with Gasteiger partial charge in [0.15, 0.2) is 5.96 Å². The van der Waals surface area contributed by atoms with E-state index >= 15 is 0 Å². The number of aliphatic imine (C=N–C) groups is 1. The molecule has 0 aliphatic carbocycles. The van der Waals surface area contributed by atoms with Gasteiger partial charge in [-0.05, 0) is 29.8 Å². The number of furan rings is 1. The Morgan fingerprint density at radius 1 is 1.30 bits per heavy atom. The monoisotopic (exact) mass is 543 g/mol. The van der Waals surface area contributed by atoms with E-state index in [1.807, 2.05) is 60.0 Å². The van der Waals surface area contributed by atoms with Crippen molar-refractivity contribution in [1.82, 2.24) is 19.8 Å². The summed E-state index contributed by atoms with van der Waals surface area (Å²) in [6.45, 7) is 1.85. The van der Waals surface area contributed by atoms with Gasteiger partial charge in [-0.2, -0.15) is 0 Å². The SMILES string of the molecule is COc1ccc(CN=C(NCCc2ccco2)N(C)Cc2ncc(Cl)n2C)cc1.I. The molecule has 0 aliphatic rings. The van der Waals surface area contributed by atoms with Crippen molar-refractivity contribution in [1.29, 1.82) is 0 Å². The minimum Gasteiger partial charge on any atom is -0.497 e. The lowest BCUT2D eigenvalue weighted by Crippen LogP contribution is -2.40. The number of hydrogen-bond donors (Lipinski definition) is 1. The zero-order valence-corrected chi connectivity index (χ0v) is 20.4. The number of ether oxygens (including phenoxy) is 1. The van der Waals surface area contributed by atoms with Crippen molar-refractivity contribution >= 4 is 41.5 Å². The van der Waals surface area contributed by atoms with Crippen LogP contribution in [0.2, 0.25) is 5.15 Å². The summed E-state index contributed by atoms with van der Waals surface area (Å²) in [6, 6.07) is 11.8. The molecular weight excluding hydrogens is 517 g/mol. The molecule has 0 radical (unpaired) electrons. The smallest absolute Gasteiger partial charge is 0.194 e. The van der Waals surface area contributed by atoms with Crippen LogP contribution in [0.3, 0.4) is 0 Å². The van der Waals surface area contributed by atoms with Crippen LogP contribution in [-0.2, 0) is 26.6 Å². The van der Waals surface area contributed by atoms with E-state index in [1.54, 1.807) is 19.6 Å². The standard InChI is InChI=1S/C21H26ClN5O2.HI/c1-26(15-20-24-14-19(22)27(20)2)21(23-11-10-18-5-4-12-29-18)25-13-16-6-8-17(28-3)9-7-16;/h4-9,12,14H,10-11,13,15H2,1-3H3,(H,23,25);1H. The molecule has 0 spiro atoms. The van der Waals surface area contributed by atoms with Crippen molar-refractivity contribution in [2.24, 2.45) is 12.0 Å². The number of nitrogens with one attached hydrogen (secondary N) is 1. The van der Waals surface area contributed by atoms with Gasteiger partial charge in [0.25, 0.3) is 0 Å². The van der Waals surface area contributed by atoms with Gasteiger partial charge < -0.3 is 23.9 Å². The van der Waals surface area contributed by atoms with Crippen LogP contribution in [0.5, 0.6) is 5.75 Å². The second-order valence-corrected chi connectivity index (χ2v) is 7.04. The van der Waals surface area contributed by atoms with Crippen LogP contribution in [0.4, 0.5) is 0 Å². The van der Waals surface area contributed by atoms with Crippen LogP contribution in [0.25, 0.3) is 0 Å². The van der Waals surface area contributed by atoms with Crippen molar-refractivity contribution in [3.05, 3.63) is 71.2 Å². The number of rotatable bonds is 8. The van der Waals surface area contributed by atoms with Gasteiger partial charge in [-0.3, -0.25) is 0 Å². The molecule has 2 heterocycles. The van der Waals surface area contributed by atoms with Gasteiger partial charge in [0.1, 0.15) is 22.5 Å². The summed E-state index contributed by atoms with van der Waals surface area (Å²) >= 11 is 6.11. The van der Waals surface area contributed by atoms with E-state index in [9.17, 15) is 0 Å². The summed E-state index contributed by atoms with van der Waals surface area (Å²) < 4.78 is 12.5. The summed E-state index contributed by atoms with van der Waals surface area (Å²) in [6.07, 6.45) is 4.12. The second-order valence-electron chi connectivity index (χ2n) is 6.66. The maximum Gasteiger partial charge on any atom is 0.194 e. The molecule has 3 rings (SSSR count). The molecule has 0 atom stereocenters. The number of nitrogens with zero attached hydrogens (tertiary/aromatic N) is 4. The van der Waals surface area contributed by atoms with Crippen LogP contribution in [0.1, 0.15) is 17.1 Å². The lowest BCUT2D eigenvalue weighted by Gasteiger charge is -2.22. The summed E-state index contributed by atoms with van der Waals surface area (Å²) in [7, 11) is 5.54. The van der Waals surface area contributed by atoms with Crippen molar-refractivity contribution in [3.8, 4) is 5.75 Å². The van der Waals surface area contributed by atoms with E-state index < -0.39 is 0 Å². The maximum absolute atomic E-state index is 6.11. The number of aromatic nitrogens is 2. The maximum atomic E-state index is 6.11. The third-order valence-electron chi connectivity index (χ3n) is 4.57. The topological polar surface area (TPSA) is 67.8 Å². The summed E-state index contributed by atoms with van der Waals surface area (Å²) in [5.74, 6) is 3.41. The second kappa shape index (κ2) is 11.8. The first kappa shape index (κ1) is 24.1. The Balaban J connectivity index is 0.00000320. The molecule has 3 aromatic rings. The first-order chi connectivity index (χ1) is 14.1. The van der Waals surface area contributed by atoms with Crippen molar-refractivity contribution in [2.75, 3.05) is 20.7 Å². The molecule has 0 saturated heterocycles. The van der Waals surface area contributed by atoms with Gasteiger partial charge in [-0.25, -0.2) is 9.98 Å². The van der Waals surface area contributed by atoms with E-state index in [0.29, 0.717) is 24.8 Å². The van der Waals surface area contributed by atoms with Crippen LogP contribution >= 0.6 is 35.6 Å². The number of imidazole rings is 1. The molecule has 0 saturated carbocycles. The summed E-state index contributed by atoms with van der Waals surface area (Å²) in [5, 5.41) is 4.03. The van der Waals surface area contributed by atoms with E-state index in [-0.39, 0.29) is 24.0 Å². The minimum absolute atomic E-state index is 0. The van der Waals surface area contributed by atoms with Gasteiger partial charge in [0, 0.05) is 27.1 Å². The average molecular weight is 544 g/mol. The highest BCUT2D eigenvalue weighted by Gasteiger charge is 2.12. The van der Waals surface area contributed by atoms with Crippen molar-refractivity contribution in [3.63, 3.8) is 0 Å². The zero-order chi connectivity index (χ0) is 20.6. The Kier molecular flexibility index (Phi) is 9.51. The van der Waals surface area contributed by atoms with Crippen LogP contribution < -0.4 is 10.1 Å². The average Bonchev–Trinajstić information content (AvgIpc) is 3.36. The number of halogens is 2. The fraction of sp³-hybridized carbons (Fsp3) is 0.333. The number of guanidine groups is 1. The van der Waals surface area contributed by atoms with E-state index in [4.69, 9.17) is 25.7 Å². The predicted octanol–water partition coefficient (Wildman–Crippen LogP) is 4.11.